The van der Waals surface area contributed by atoms with Crippen LogP contribution in [0.4, 0.5) is 0 Å². The van der Waals surface area contributed by atoms with Crippen molar-refractivity contribution in [2.75, 3.05) is 0 Å². The van der Waals surface area contributed by atoms with E-state index in [0.717, 1.165) is 10.8 Å². The van der Waals surface area contributed by atoms with Gasteiger partial charge in [0, 0.05) is 22.7 Å². The van der Waals surface area contributed by atoms with Crippen molar-refractivity contribution in [3.05, 3.63) is 54.2 Å². The molecule has 25 heavy (non-hydrogen) atoms. The van der Waals surface area contributed by atoms with Crippen LogP contribution in [0.1, 0.15) is 25.3 Å². The summed E-state index contributed by atoms with van der Waals surface area (Å²) in [5, 5.41) is 12.2. The summed E-state index contributed by atoms with van der Waals surface area (Å²) >= 11 is 0. The van der Waals surface area contributed by atoms with Crippen molar-refractivity contribution in [2.24, 2.45) is 0 Å². The number of fused-ring (bicyclic) bond motifs is 1. The molecular weight excluding hydrogens is 342 g/mol. The van der Waals surface area contributed by atoms with E-state index in [2.05, 4.69) is 9.17 Å². The second kappa shape index (κ2) is 6.34. The molecule has 0 amide bonds. The Bertz CT molecular complexity index is 1040. The first-order valence-corrected chi connectivity index (χ1v) is 9.00. The third-order valence-electron chi connectivity index (χ3n) is 3.82. The summed E-state index contributed by atoms with van der Waals surface area (Å²) in [7, 11) is -4.72. The van der Waals surface area contributed by atoms with E-state index in [4.69, 9.17) is 4.55 Å². The third kappa shape index (κ3) is 3.72. The lowest BCUT2D eigenvalue weighted by molar-refractivity contribution is 0.382. The highest BCUT2D eigenvalue weighted by Gasteiger charge is 2.20. The molecule has 3 rings (SSSR count). The van der Waals surface area contributed by atoms with E-state index < -0.39 is 10.4 Å². The van der Waals surface area contributed by atoms with Crippen molar-refractivity contribution in [3.63, 3.8) is 0 Å². The second-order valence-corrected chi connectivity index (χ2v) is 7.01. The topological polar surface area (TPSA) is 96.7 Å². The van der Waals surface area contributed by atoms with Crippen LogP contribution in [0.5, 0.6) is 11.5 Å². The normalized spacial score (nSPS) is 11.8. The number of benzene rings is 2. The summed E-state index contributed by atoms with van der Waals surface area (Å²) in [4.78, 5) is 4.35. The van der Waals surface area contributed by atoms with Crippen molar-refractivity contribution in [1.82, 2.24) is 4.98 Å². The number of aromatic hydroxyl groups is 1. The number of phenols is 1. The molecule has 0 saturated carbocycles. The first-order valence-electron chi connectivity index (χ1n) is 7.63. The fourth-order valence-electron chi connectivity index (χ4n) is 2.76. The zero-order valence-electron chi connectivity index (χ0n) is 13.7. The number of hydrogen-bond acceptors (Lipinski definition) is 5. The predicted molar refractivity (Wildman–Crippen MR) is 95.1 cm³/mol. The van der Waals surface area contributed by atoms with Crippen LogP contribution in [0.2, 0.25) is 0 Å². The van der Waals surface area contributed by atoms with Crippen LogP contribution in [0.15, 0.2) is 48.7 Å². The van der Waals surface area contributed by atoms with Gasteiger partial charge in [0.2, 0.25) is 0 Å². The van der Waals surface area contributed by atoms with Gasteiger partial charge in [0.15, 0.2) is 5.75 Å². The Balaban J connectivity index is 2.18. The highest BCUT2D eigenvalue weighted by molar-refractivity contribution is 7.81. The maximum Gasteiger partial charge on any atom is 0.446 e. The van der Waals surface area contributed by atoms with E-state index in [-0.39, 0.29) is 17.4 Å². The minimum absolute atomic E-state index is 0.123. The molecule has 1 heterocycles. The summed E-state index contributed by atoms with van der Waals surface area (Å²) in [5.74, 6) is -0.459. The molecule has 0 bridgehead atoms. The number of pyridine rings is 1. The lowest BCUT2D eigenvalue weighted by Crippen LogP contribution is -2.09. The molecule has 0 aliphatic rings. The maximum atomic E-state index is 11.1. The standard InChI is InChI=1S/C18H17NO5S/c1-11(2)18-16(20)8-14(9-17(18)24-25(21,22)23)15-7-12-5-3-4-6-13(12)10-19-15/h3-11,20H,1-2H3,(H,21,22,23). The average molecular weight is 359 g/mol. The Labute approximate surface area is 145 Å². The number of nitrogens with zero attached hydrogens (tertiary/aromatic N) is 1. The molecule has 0 atom stereocenters. The molecule has 2 N–H and O–H groups in total. The van der Waals surface area contributed by atoms with Crippen molar-refractivity contribution in [3.8, 4) is 22.8 Å². The lowest BCUT2D eigenvalue weighted by Gasteiger charge is -2.15. The van der Waals surface area contributed by atoms with Crippen molar-refractivity contribution in [2.45, 2.75) is 19.8 Å². The van der Waals surface area contributed by atoms with Crippen molar-refractivity contribution in [1.29, 1.82) is 0 Å². The van der Waals surface area contributed by atoms with Gasteiger partial charge in [-0.3, -0.25) is 9.54 Å². The van der Waals surface area contributed by atoms with Gasteiger partial charge in [-0.1, -0.05) is 38.1 Å². The lowest BCUT2D eigenvalue weighted by atomic mass is 9.97. The van der Waals surface area contributed by atoms with Gasteiger partial charge in [0.1, 0.15) is 5.75 Å². The van der Waals surface area contributed by atoms with Crippen molar-refractivity contribution < 1.29 is 22.3 Å². The van der Waals surface area contributed by atoms with E-state index in [0.29, 0.717) is 16.8 Å². The van der Waals surface area contributed by atoms with Crippen LogP contribution < -0.4 is 4.18 Å². The summed E-state index contributed by atoms with van der Waals surface area (Å²) in [6, 6.07) is 12.4. The number of phenolic OH excluding ortho intramolecular Hbond substituents is 1. The molecule has 0 aliphatic heterocycles. The average Bonchev–Trinajstić information content (AvgIpc) is 2.52. The molecule has 7 heteroatoms. The number of rotatable bonds is 4. The first kappa shape index (κ1) is 17.2. The second-order valence-electron chi connectivity index (χ2n) is 5.99. The molecule has 6 nitrogen and oxygen atoms in total. The summed E-state index contributed by atoms with van der Waals surface area (Å²) < 4.78 is 36.0. The van der Waals surface area contributed by atoms with Gasteiger partial charge in [0.05, 0.1) is 5.69 Å². The van der Waals surface area contributed by atoms with Gasteiger partial charge in [-0.2, -0.15) is 8.42 Å². The molecule has 0 aliphatic carbocycles. The zero-order chi connectivity index (χ0) is 18.2. The van der Waals surface area contributed by atoms with Crippen LogP contribution in [-0.4, -0.2) is 23.1 Å². The van der Waals surface area contributed by atoms with Crippen molar-refractivity contribution >= 4 is 21.2 Å². The van der Waals surface area contributed by atoms with Crippen LogP contribution in [-0.2, 0) is 10.4 Å². The molecule has 0 unspecified atom stereocenters. The van der Waals surface area contributed by atoms with Crippen LogP contribution >= 0.6 is 0 Å². The molecule has 0 saturated heterocycles. The van der Waals surface area contributed by atoms with E-state index >= 15 is 0 Å². The fraction of sp³-hybridized carbons (Fsp3) is 0.167. The van der Waals surface area contributed by atoms with E-state index in [1.165, 1.54) is 12.1 Å². The predicted octanol–water partition coefficient (Wildman–Crippen LogP) is 3.91. The Kier molecular flexibility index (Phi) is 4.36. The monoisotopic (exact) mass is 359 g/mol. The van der Waals surface area contributed by atoms with Crippen LogP contribution in [0.25, 0.3) is 22.0 Å². The first-order chi connectivity index (χ1) is 11.7. The summed E-state index contributed by atoms with van der Waals surface area (Å²) in [6.07, 6.45) is 1.70. The Morgan fingerprint density at radius 2 is 1.76 bits per heavy atom. The Hall–Kier alpha value is -2.64. The van der Waals surface area contributed by atoms with Gasteiger partial charge in [-0.15, -0.1) is 0 Å². The van der Waals surface area contributed by atoms with E-state index in [1.807, 2.05) is 30.3 Å². The van der Waals surface area contributed by atoms with Gasteiger partial charge in [-0.25, -0.2) is 0 Å². The van der Waals surface area contributed by atoms with E-state index in [1.54, 1.807) is 20.0 Å². The Morgan fingerprint density at radius 3 is 2.40 bits per heavy atom. The highest BCUT2D eigenvalue weighted by Crippen LogP contribution is 2.39. The maximum absolute atomic E-state index is 11.1. The van der Waals surface area contributed by atoms with Gasteiger partial charge >= 0.3 is 10.4 Å². The van der Waals surface area contributed by atoms with Gasteiger partial charge in [0.25, 0.3) is 0 Å². The Morgan fingerprint density at radius 1 is 1.08 bits per heavy atom. The SMILES string of the molecule is CC(C)c1c(O)cc(-c2cc3ccccc3cn2)cc1OS(=O)(=O)O. The molecule has 0 radical (unpaired) electrons. The number of aromatic nitrogens is 1. The summed E-state index contributed by atoms with van der Waals surface area (Å²) in [5.41, 5.74) is 1.32. The van der Waals surface area contributed by atoms with Crippen LogP contribution in [0, 0.1) is 0 Å². The summed E-state index contributed by atoms with van der Waals surface area (Å²) in [6.45, 7) is 3.56. The molecule has 0 fully saturated rings. The van der Waals surface area contributed by atoms with Crippen LogP contribution in [0.3, 0.4) is 0 Å². The molecule has 1 aromatic heterocycles. The molecule has 0 spiro atoms. The third-order valence-corrected chi connectivity index (χ3v) is 4.21. The highest BCUT2D eigenvalue weighted by atomic mass is 32.3. The zero-order valence-corrected chi connectivity index (χ0v) is 14.5. The van der Waals surface area contributed by atoms with E-state index in [9.17, 15) is 13.5 Å². The molecule has 130 valence electrons. The smallest absolute Gasteiger partial charge is 0.446 e. The minimum Gasteiger partial charge on any atom is -0.507 e. The fourth-order valence-corrected chi connectivity index (χ4v) is 3.13. The molecule has 3 aromatic rings. The molecule has 2 aromatic carbocycles. The largest absolute Gasteiger partial charge is 0.507 e. The molecular formula is C18H17NO5S. The minimum atomic E-state index is -4.72. The quantitative estimate of drug-likeness (QED) is 0.686. The van der Waals surface area contributed by atoms with Gasteiger partial charge < -0.3 is 9.29 Å². The van der Waals surface area contributed by atoms with Gasteiger partial charge in [-0.05, 0) is 29.5 Å². The number of hydrogen-bond donors (Lipinski definition) is 2.